The number of hydrogen-bond donors (Lipinski definition) is 2. The van der Waals surface area contributed by atoms with Gasteiger partial charge < -0.3 is 15.2 Å². The largest absolute Gasteiger partial charge is 0.506 e. The summed E-state index contributed by atoms with van der Waals surface area (Å²) < 4.78 is 4.96. The number of halogens is 1. The standard InChI is InChI=1S/C11H10ClN3O3S/c1-18-7-3-2-6(10(17)9(7)12)4-13-15-11-14-8(16)5-19-11/h2-4,17H,5H2,1H3,(H,14,15,16). The molecular weight excluding hydrogens is 290 g/mol. The Morgan fingerprint density at radius 1 is 1.58 bits per heavy atom. The molecule has 2 rings (SSSR count). The zero-order valence-corrected chi connectivity index (χ0v) is 11.5. The summed E-state index contributed by atoms with van der Waals surface area (Å²) in [5, 5.41) is 20.5. The molecule has 0 unspecified atom stereocenters. The van der Waals surface area contributed by atoms with Crippen LogP contribution in [0.25, 0.3) is 0 Å². The molecule has 1 aromatic carbocycles. The molecule has 100 valence electrons. The molecule has 0 aliphatic carbocycles. The molecule has 0 aromatic heterocycles. The van der Waals surface area contributed by atoms with Crippen molar-refractivity contribution in [2.75, 3.05) is 12.9 Å². The number of methoxy groups -OCH3 is 1. The number of benzene rings is 1. The van der Waals surface area contributed by atoms with Crippen LogP contribution in [0.15, 0.2) is 22.3 Å². The second kappa shape index (κ2) is 5.94. The van der Waals surface area contributed by atoms with Crippen LogP contribution in [-0.2, 0) is 4.79 Å². The summed E-state index contributed by atoms with van der Waals surface area (Å²) in [5.41, 5.74) is 0.407. The van der Waals surface area contributed by atoms with Gasteiger partial charge in [-0.3, -0.25) is 4.79 Å². The smallest absolute Gasteiger partial charge is 0.236 e. The molecule has 0 spiro atoms. The first-order valence-corrected chi connectivity index (χ1v) is 6.57. The van der Waals surface area contributed by atoms with Crippen molar-refractivity contribution in [3.63, 3.8) is 0 Å². The minimum absolute atomic E-state index is 0.103. The number of amides is 1. The summed E-state index contributed by atoms with van der Waals surface area (Å²) in [5.74, 6) is 0.483. The van der Waals surface area contributed by atoms with E-state index in [1.54, 1.807) is 12.1 Å². The highest BCUT2D eigenvalue weighted by Crippen LogP contribution is 2.35. The lowest BCUT2D eigenvalue weighted by Crippen LogP contribution is -2.19. The number of ether oxygens (including phenoxy) is 1. The number of carbonyl (C=O) groups is 1. The van der Waals surface area contributed by atoms with Gasteiger partial charge in [-0.2, -0.15) is 5.10 Å². The Hall–Kier alpha value is -1.73. The van der Waals surface area contributed by atoms with Crippen LogP contribution in [0.5, 0.6) is 11.5 Å². The highest BCUT2D eigenvalue weighted by molar-refractivity contribution is 8.15. The maximum Gasteiger partial charge on any atom is 0.236 e. The van der Waals surface area contributed by atoms with Crippen LogP contribution in [0.1, 0.15) is 5.56 Å². The molecule has 1 heterocycles. The van der Waals surface area contributed by atoms with Crippen molar-refractivity contribution in [3.8, 4) is 11.5 Å². The van der Waals surface area contributed by atoms with Crippen molar-refractivity contribution in [2.45, 2.75) is 0 Å². The van der Waals surface area contributed by atoms with E-state index in [1.165, 1.54) is 25.1 Å². The number of nitrogens with one attached hydrogen (secondary N) is 1. The third kappa shape index (κ3) is 3.18. The summed E-state index contributed by atoms with van der Waals surface area (Å²) in [4.78, 5) is 10.9. The molecule has 0 saturated carbocycles. The van der Waals surface area contributed by atoms with Gasteiger partial charge in [-0.1, -0.05) is 23.4 Å². The number of hydrogen-bond acceptors (Lipinski definition) is 6. The van der Waals surface area contributed by atoms with Gasteiger partial charge in [-0.05, 0) is 12.1 Å². The summed E-state index contributed by atoms with van der Waals surface area (Å²) in [6.45, 7) is 0. The lowest BCUT2D eigenvalue weighted by molar-refractivity contribution is -0.116. The maximum absolute atomic E-state index is 10.9. The van der Waals surface area contributed by atoms with Crippen LogP contribution < -0.4 is 10.1 Å². The predicted molar refractivity (Wildman–Crippen MR) is 75.3 cm³/mol. The average Bonchev–Trinajstić information content (AvgIpc) is 2.81. The van der Waals surface area contributed by atoms with Gasteiger partial charge in [0.15, 0.2) is 5.17 Å². The van der Waals surface area contributed by atoms with Crippen molar-refractivity contribution in [3.05, 3.63) is 22.7 Å². The molecular formula is C11H10ClN3O3S. The zero-order valence-electron chi connectivity index (χ0n) is 9.88. The molecule has 1 aliphatic rings. The van der Waals surface area contributed by atoms with Crippen molar-refractivity contribution in [1.82, 2.24) is 5.32 Å². The van der Waals surface area contributed by atoms with E-state index in [0.717, 1.165) is 0 Å². The first-order chi connectivity index (χ1) is 9.11. The summed E-state index contributed by atoms with van der Waals surface area (Å²) >= 11 is 7.16. The minimum Gasteiger partial charge on any atom is -0.506 e. The number of phenolic OH excluding ortho intramolecular Hbond substituents is 1. The topological polar surface area (TPSA) is 83.3 Å². The van der Waals surface area contributed by atoms with Crippen molar-refractivity contribution in [2.24, 2.45) is 10.2 Å². The van der Waals surface area contributed by atoms with E-state index in [4.69, 9.17) is 16.3 Å². The fourth-order valence-corrected chi connectivity index (χ4v) is 2.23. The monoisotopic (exact) mass is 299 g/mol. The Kier molecular flexibility index (Phi) is 4.28. The number of amidine groups is 1. The molecule has 1 aliphatic heterocycles. The zero-order chi connectivity index (χ0) is 13.8. The van der Waals surface area contributed by atoms with E-state index in [9.17, 15) is 9.90 Å². The first-order valence-electron chi connectivity index (χ1n) is 5.21. The van der Waals surface area contributed by atoms with E-state index in [-0.39, 0.29) is 16.7 Å². The highest BCUT2D eigenvalue weighted by Gasteiger charge is 2.16. The summed E-state index contributed by atoms with van der Waals surface area (Å²) in [6.07, 6.45) is 1.35. The predicted octanol–water partition coefficient (Wildman–Crippen LogP) is 1.61. The van der Waals surface area contributed by atoms with Crippen molar-refractivity contribution < 1.29 is 14.6 Å². The molecule has 1 fully saturated rings. The minimum atomic E-state index is -0.131. The number of rotatable bonds is 3. The van der Waals surface area contributed by atoms with Gasteiger partial charge in [0, 0.05) is 5.56 Å². The van der Waals surface area contributed by atoms with Crippen LogP contribution in [0.2, 0.25) is 5.02 Å². The van der Waals surface area contributed by atoms with E-state index in [0.29, 0.717) is 22.2 Å². The highest BCUT2D eigenvalue weighted by atomic mass is 35.5. The second-order valence-electron chi connectivity index (χ2n) is 3.51. The summed E-state index contributed by atoms with van der Waals surface area (Å²) in [7, 11) is 1.46. The molecule has 2 N–H and O–H groups in total. The van der Waals surface area contributed by atoms with Gasteiger partial charge in [-0.25, -0.2) is 0 Å². The molecule has 1 saturated heterocycles. The van der Waals surface area contributed by atoms with E-state index >= 15 is 0 Å². The van der Waals surface area contributed by atoms with Crippen LogP contribution in [0.4, 0.5) is 0 Å². The van der Waals surface area contributed by atoms with Crippen LogP contribution in [0, 0.1) is 0 Å². The fraction of sp³-hybridized carbons (Fsp3) is 0.182. The Labute approximate surface area is 118 Å². The average molecular weight is 300 g/mol. The number of carbonyl (C=O) groups excluding carboxylic acids is 1. The van der Waals surface area contributed by atoms with Gasteiger partial charge in [0.2, 0.25) is 5.91 Å². The molecule has 1 aromatic rings. The number of nitrogens with zero attached hydrogens (tertiary/aromatic N) is 2. The third-order valence-electron chi connectivity index (χ3n) is 2.26. The molecule has 6 nitrogen and oxygen atoms in total. The number of aromatic hydroxyl groups is 1. The molecule has 19 heavy (non-hydrogen) atoms. The fourth-order valence-electron chi connectivity index (χ4n) is 1.35. The molecule has 0 atom stereocenters. The second-order valence-corrected chi connectivity index (χ2v) is 4.85. The third-order valence-corrected chi connectivity index (χ3v) is 3.49. The maximum atomic E-state index is 10.9. The lowest BCUT2D eigenvalue weighted by Gasteiger charge is -2.06. The van der Waals surface area contributed by atoms with Gasteiger partial charge in [-0.15, -0.1) is 5.10 Å². The number of thioether (sulfide) groups is 1. The first kappa shape index (κ1) is 13.7. The quantitative estimate of drug-likeness (QED) is 0.656. The van der Waals surface area contributed by atoms with Gasteiger partial charge in [0.25, 0.3) is 0 Å². The molecule has 1 amide bonds. The normalized spacial score (nSPS) is 17.2. The SMILES string of the molecule is COc1ccc(C=NN=C2NC(=O)CS2)c(O)c1Cl. The molecule has 0 radical (unpaired) electrons. The van der Waals surface area contributed by atoms with Gasteiger partial charge in [0.05, 0.1) is 19.1 Å². The number of phenols is 1. The van der Waals surface area contributed by atoms with Gasteiger partial charge >= 0.3 is 0 Å². The van der Waals surface area contributed by atoms with Crippen LogP contribution in [0.3, 0.4) is 0 Å². The Balaban J connectivity index is 2.15. The van der Waals surface area contributed by atoms with Crippen molar-refractivity contribution >= 4 is 40.7 Å². The Morgan fingerprint density at radius 3 is 3.00 bits per heavy atom. The van der Waals surface area contributed by atoms with E-state index in [1.807, 2.05) is 0 Å². The molecule has 8 heteroatoms. The van der Waals surface area contributed by atoms with E-state index in [2.05, 4.69) is 15.5 Å². The van der Waals surface area contributed by atoms with Crippen LogP contribution in [-0.4, -0.2) is 35.3 Å². The van der Waals surface area contributed by atoms with Crippen molar-refractivity contribution in [1.29, 1.82) is 0 Å². The molecule has 0 bridgehead atoms. The summed E-state index contributed by atoms with van der Waals surface area (Å²) in [6, 6.07) is 3.22. The Bertz CT molecular complexity index is 575. The Morgan fingerprint density at radius 2 is 2.37 bits per heavy atom. The lowest BCUT2D eigenvalue weighted by atomic mass is 10.2. The van der Waals surface area contributed by atoms with E-state index < -0.39 is 0 Å². The van der Waals surface area contributed by atoms with Gasteiger partial charge in [0.1, 0.15) is 16.5 Å². The van der Waals surface area contributed by atoms with Crippen LogP contribution >= 0.6 is 23.4 Å².